The van der Waals surface area contributed by atoms with Crippen LogP contribution in [0.25, 0.3) is 0 Å². The molecule has 5 N–H and O–H groups in total. The summed E-state index contributed by atoms with van der Waals surface area (Å²) >= 11 is 0. The summed E-state index contributed by atoms with van der Waals surface area (Å²) in [4.78, 5) is 43.7. The van der Waals surface area contributed by atoms with Gasteiger partial charge in [0.15, 0.2) is 11.8 Å². The maximum Gasteiger partial charge on any atom is 0.317 e. The fourth-order valence-corrected chi connectivity index (χ4v) is 6.09. The van der Waals surface area contributed by atoms with Gasteiger partial charge >= 0.3 is 23.9 Å². The molecule has 44 heavy (non-hydrogen) atoms. The summed E-state index contributed by atoms with van der Waals surface area (Å²) in [6.07, 6.45) is 23.4. The van der Waals surface area contributed by atoms with E-state index in [1.807, 2.05) is 0 Å². The third-order valence-electron chi connectivity index (χ3n) is 9.00. The first-order chi connectivity index (χ1) is 21.0. The largest absolute Gasteiger partial charge is 0.481 e. The van der Waals surface area contributed by atoms with Gasteiger partial charge in [-0.1, -0.05) is 103 Å². The maximum atomic E-state index is 10.9. The van der Waals surface area contributed by atoms with Crippen LogP contribution in [0, 0.1) is 11.8 Å². The van der Waals surface area contributed by atoms with Gasteiger partial charge in [0.2, 0.25) is 0 Å². The molecule has 0 amide bonds. The Morgan fingerprint density at radius 1 is 0.477 bits per heavy atom. The van der Waals surface area contributed by atoms with Gasteiger partial charge in [-0.25, -0.2) is 0 Å². The predicted octanol–water partition coefficient (Wildman–Crippen LogP) is 8.68. The van der Waals surface area contributed by atoms with Crippen LogP contribution in [-0.4, -0.2) is 44.3 Å². The van der Waals surface area contributed by atoms with E-state index in [1.54, 1.807) is 11.1 Å². The van der Waals surface area contributed by atoms with Crippen molar-refractivity contribution in [1.82, 2.24) is 5.32 Å². The van der Waals surface area contributed by atoms with Crippen molar-refractivity contribution in [1.29, 1.82) is 0 Å². The zero-order valence-electron chi connectivity index (χ0n) is 27.3. The Hall–Kier alpha value is -2.84. The second-order valence-corrected chi connectivity index (χ2v) is 12.7. The second-order valence-electron chi connectivity index (χ2n) is 12.7. The quantitative estimate of drug-likeness (QED) is 0.0425. The number of rotatable bonds is 28. The Morgan fingerprint density at radius 3 is 1.00 bits per heavy atom. The van der Waals surface area contributed by atoms with Gasteiger partial charge in [0.05, 0.1) is 0 Å². The number of hydrogen-bond acceptors (Lipinski definition) is 5. The monoisotopic (exact) mass is 621 g/mol. The number of aliphatic carboxylic acids is 4. The molecular weight excluding hydrogens is 562 g/mol. The SMILES string of the molecule is CC1=C(CCCCCCCCCCCC(C(=O)O)C(=O)O)CC(CCCCCCCCCCCC(C(=O)O)C(=O)O)=C(C)N1. The first kappa shape index (κ1) is 39.2. The van der Waals surface area contributed by atoms with Crippen LogP contribution in [0.15, 0.2) is 22.5 Å². The summed E-state index contributed by atoms with van der Waals surface area (Å²) in [5.41, 5.74) is 5.73. The summed E-state index contributed by atoms with van der Waals surface area (Å²) in [7, 11) is 0. The van der Waals surface area contributed by atoms with Crippen molar-refractivity contribution in [2.75, 3.05) is 0 Å². The number of hydrogen-bond donors (Lipinski definition) is 5. The molecule has 0 radical (unpaired) electrons. The molecule has 0 aromatic carbocycles. The summed E-state index contributed by atoms with van der Waals surface area (Å²) in [6.45, 7) is 4.39. The summed E-state index contributed by atoms with van der Waals surface area (Å²) in [5.74, 6) is -7.50. The Labute approximate surface area is 264 Å². The van der Waals surface area contributed by atoms with Crippen molar-refractivity contribution in [3.63, 3.8) is 0 Å². The molecule has 1 aliphatic heterocycles. The van der Waals surface area contributed by atoms with E-state index in [0.29, 0.717) is 12.8 Å². The minimum Gasteiger partial charge on any atom is -0.481 e. The molecule has 0 aliphatic carbocycles. The lowest BCUT2D eigenvalue weighted by Gasteiger charge is -2.25. The lowest BCUT2D eigenvalue weighted by Crippen LogP contribution is -2.23. The highest BCUT2D eigenvalue weighted by Crippen LogP contribution is 2.30. The predicted molar refractivity (Wildman–Crippen MR) is 172 cm³/mol. The van der Waals surface area contributed by atoms with Crippen LogP contribution in [0.3, 0.4) is 0 Å². The van der Waals surface area contributed by atoms with E-state index in [0.717, 1.165) is 57.8 Å². The molecule has 1 aliphatic rings. The van der Waals surface area contributed by atoms with Crippen LogP contribution >= 0.6 is 0 Å². The van der Waals surface area contributed by atoms with Crippen LogP contribution in [0.1, 0.15) is 162 Å². The van der Waals surface area contributed by atoms with E-state index in [-0.39, 0.29) is 12.8 Å². The van der Waals surface area contributed by atoms with Crippen LogP contribution in [-0.2, 0) is 19.2 Å². The van der Waals surface area contributed by atoms with E-state index in [4.69, 9.17) is 20.4 Å². The summed E-state index contributed by atoms with van der Waals surface area (Å²) in [6, 6.07) is 0. The minimum atomic E-state index is -1.27. The Bertz CT molecular complexity index is 852. The third-order valence-corrected chi connectivity index (χ3v) is 9.00. The fraction of sp³-hybridized carbons (Fsp3) is 0.771. The summed E-state index contributed by atoms with van der Waals surface area (Å²) in [5, 5.41) is 39.3. The topological polar surface area (TPSA) is 161 Å². The molecule has 0 aromatic rings. The highest BCUT2D eigenvalue weighted by atomic mass is 16.4. The molecule has 252 valence electrons. The van der Waals surface area contributed by atoms with E-state index in [1.165, 1.54) is 75.6 Å². The number of dihydropyridines is 1. The molecule has 0 aromatic heterocycles. The average Bonchev–Trinajstić information content (AvgIpc) is 2.95. The Balaban J connectivity index is 2.06. The standard InChI is InChI=1S/C35H59NO8/c1-26-28(21-17-13-9-5-3-7-11-15-19-23-30(32(37)38)33(39)40)25-29(27(2)36-26)22-18-14-10-6-4-8-12-16-20-24-31(34(41)42)35(43)44/h30-31,36H,3-25H2,1-2H3,(H,37,38)(H,39,40)(H,41,42)(H,43,44). The van der Waals surface area contributed by atoms with Crippen LogP contribution in [0.2, 0.25) is 0 Å². The van der Waals surface area contributed by atoms with Gasteiger partial charge in [-0.2, -0.15) is 0 Å². The molecule has 0 unspecified atom stereocenters. The van der Waals surface area contributed by atoms with Crippen molar-refractivity contribution in [3.05, 3.63) is 22.5 Å². The molecule has 0 bridgehead atoms. The van der Waals surface area contributed by atoms with Gasteiger partial charge in [0, 0.05) is 11.4 Å². The first-order valence-corrected chi connectivity index (χ1v) is 17.1. The van der Waals surface area contributed by atoms with Crippen LogP contribution in [0.4, 0.5) is 0 Å². The number of carboxylic acids is 4. The Kier molecular flexibility index (Phi) is 21.0. The number of allylic oxidation sites excluding steroid dienone is 4. The van der Waals surface area contributed by atoms with E-state index in [2.05, 4.69) is 19.2 Å². The normalized spacial score (nSPS) is 13.5. The van der Waals surface area contributed by atoms with Crippen molar-refractivity contribution < 1.29 is 39.6 Å². The number of unbranched alkanes of at least 4 members (excludes halogenated alkanes) is 16. The smallest absolute Gasteiger partial charge is 0.317 e. The molecule has 9 nitrogen and oxygen atoms in total. The van der Waals surface area contributed by atoms with Gasteiger partial charge in [-0.3, -0.25) is 19.2 Å². The van der Waals surface area contributed by atoms with E-state index in [9.17, 15) is 19.2 Å². The second kappa shape index (κ2) is 23.5. The molecule has 0 saturated carbocycles. The van der Waals surface area contributed by atoms with Gasteiger partial charge in [0.1, 0.15) is 0 Å². The van der Waals surface area contributed by atoms with Gasteiger partial charge in [-0.15, -0.1) is 0 Å². The maximum absolute atomic E-state index is 10.9. The van der Waals surface area contributed by atoms with Gasteiger partial charge in [-0.05, 0) is 69.9 Å². The zero-order chi connectivity index (χ0) is 32.7. The first-order valence-electron chi connectivity index (χ1n) is 17.1. The minimum absolute atomic E-state index is 0.216. The molecule has 1 rings (SSSR count). The molecular formula is C35H59NO8. The highest BCUT2D eigenvalue weighted by Gasteiger charge is 2.25. The Morgan fingerprint density at radius 2 is 0.727 bits per heavy atom. The molecule has 0 saturated heterocycles. The van der Waals surface area contributed by atoms with Gasteiger partial charge < -0.3 is 25.7 Å². The molecule has 1 heterocycles. The third kappa shape index (κ3) is 17.5. The highest BCUT2D eigenvalue weighted by molar-refractivity contribution is 5.93. The molecule has 9 heteroatoms. The zero-order valence-corrected chi connectivity index (χ0v) is 27.3. The van der Waals surface area contributed by atoms with Crippen LogP contribution < -0.4 is 5.32 Å². The van der Waals surface area contributed by atoms with Crippen molar-refractivity contribution in [2.24, 2.45) is 11.8 Å². The van der Waals surface area contributed by atoms with Crippen molar-refractivity contribution in [2.45, 2.75) is 162 Å². The average molecular weight is 622 g/mol. The molecule has 0 atom stereocenters. The lowest BCUT2D eigenvalue weighted by molar-refractivity contribution is -0.156. The molecule has 0 fully saturated rings. The number of nitrogens with one attached hydrogen (secondary N) is 1. The van der Waals surface area contributed by atoms with Gasteiger partial charge in [0.25, 0.3) is 0 Å². The lowest BCUT2D eigenvalue weighted by atomic mass is 9.90. The van der Waals surface area contributed by atoms with Crippen molar-refractivity contribution >= 4 is 23.9 Å². The number of carbonyl (C=O) groups is 4. The van der Waals surface area contributed by atoms with Crippen LogP contribution in [0.5, 0.6) is 0 Å². The van der Waals surface area contributed by atoms with Crippen molar-refractivity contribution in [3.8, 4) is 0 Å². The number of carboxylic acid groups (broad SMARTS) is 4. The fourth-order valence-electron chi connectivity index (χ4n) is 6.09. The van der Waals surface area contributed by atoms with E-state index >= 15 is 0 Å². The molecule has 0 spiro atoms. The summed E-state index contributed by atoms with van der Waals surface area (Å²) < 4.78 is 0. The van der Waals surface area contributed by atoms with E-state index < -0.39 is 35.7 Å².